The predicted molar refractivity (Wildman–Crippen MR) is 77.9 cm³/mol. The summed E-state index contributed by atoms with van der Waals surface area (Å²) in [5.74, 6) is 4.38. The lowest BCUT2D eigenvalue weighted by Gasteiger charge is -2.07. The van der Waals surface area contributed by atoms with Gasteiger partial charge in [-0.2, -0.15) is 0 Å². The van der Waals surface area contributed by atoms with Crippen LogP contribution in [0.25, 0.3) is 0 Å². The van der Waals surface area contributed by atoms with E-state index in [2.05, 4.69) is 22.1 Å². The molecule has 0 saturated heterocycles. The predicted octanol–water partition coefficient (Wildman–Crippen LogP) is 1.06. The van der Waals surface area contributed by atoms with Gasteiger partial charge in [0.15, 0.2) is 11.5 Å². The third kappa shape index (κ3) is 3.49. The van der Waals surface area contributed by atoms with Gasteiger partial charge in [0.1, 0.15) is 5.82 Å². The fourth-order valence-corrected chi connectivity index (χ4v) is 1.63. The summed E-state index contributed by atoms with van der Waals surface area (Å²) in [6.07, 6.45) is 1.50. The number of anilines is 1. The number of rotatable bonds is 2. The number of hydrogen-bond acceptors (Lipinski definition) is 5. The molecule has 0 radical (unpaired) electrons. The molecule has 1 heterocycles. The first-order valence-electron chi connectivity index (χ1n) is 6.09. The normalized spacial score (nSPS) is 9.57. The molecule has 2 aromatic rings. The summed E-state index contributed by atoms with van der Waals surface area (Å²) in [7, 11) is 0. The van der Waals surface area contributed by atoms with Gasteiger partial charge in [-0.1, -0.05) is 17.9 Å². The van der Waals surface area contributed by atoms with Gasteiger partial charge in [-0.15, -0.1) is 0 Å². The number of nitrogens with zero attached hydrogens (tertiary/aromatic N) is 1. The molecule has 0 aliphatic carbocycles. The minimum Gasteiger partial charge on any atom is -0.504 e. The smallest absolute Gasteiger partial charge is 0.260 e. The van der Waals surface area contributed by atoms with Crippen LogP contribution in [-0.2, 0) is 0 Å². The van der Waals surface area contributed by atoms with E-state index < -0.39 is 11.7 Å². The van der Waals surface area contributed by atoms with Crippen LogP contribution in [0.1, 0.15) is 15.9 Å². The number of phenolic OH excluding ortho intramolecular Hbond substituents is 2. The van der Waals surface area contributed by atoms with E-state index in [9.17, 15) is 15.0 Å². The van der Waals surface area contributed by atoms with E-state index in [1.165, 1.54) is 24.4 Å². The zero-order chi connectivity index (χ0) is 15.2. The van der Waals surface area contributed by atoms with Crippen LogP contribution in [0.3, 0.4) is 0 Å². The molecule has 0 saturated carbocycles. The number of amides is 1. The monoisotopic (exact) mass is 283 g/mol. The number of phenols is 2. The average molecular weight is 283 g/mol. The Labute approximate surface area is 121 Å². The summed E-state index contributed by atoms with van der Waals surface area (Å²) in [6.45, 7) is 0.237. The van der Waals surface area contributed by atoms with E-state index >= 15 is 0 Å². The van der Waals surface area contributed by atoms with Crippen LogP contribution in [0, 0.1) is 11.8 Å². The Morgan fingerprint density at radius 3 is 2.90 bits per heavy atom. The molecule has 1 aromatic heterocycles. The van der Waals surface area contributed by atoms with Gasteiger partial charge in [-0.3, -0.25) is 4.79 Å². The van der Waals surface area contributed by atoms with Crippen molar-refractivity contribution in [3.8, 4) is 23.3 Å². The number of nitrogens with one attached hydrogen (secondary N) is 1. The fraction of sp³-hybridized carbons (Fsp3) is 0.0667. The Kier molecular flexibility index (Phi) is 4.39. The maximum absolute atomic E-state index is 12.0. The molecule has 6 heteroatoms. The molecule has 0 spiro atoms. The maximum atomic E-state index is 12.0. The maximum Gasteiger partial charge on any atom is 0.260 e. The summed E-state index contributed by atoms with van der Waals surface area (Å²) >= 11 is 0. The molecule has 0 fully saturated rings. The molecule has 0 aliphatic rings. The van der Waals surface area contributed by atoms with Gasteiger partial charge < -0.3 is 21.3 Å². The van der Waals surface area contributed by atoms with E-state index in [1.54, 1.807) is 12.1 Å². The number of aromatic nitrogens is 1. The number of benzene rings is 1. The SMILES string of the molecule is NCC#Cc1ccnc(NC(=O)c2cccc(O)c2O)c1. The lowest BCUT2D eigenvalue weighted by atomic mass is 10.1. The summed E-state index contributed by atoms with van der Waals surface area (Å²) in [5.41, 5.74) is 5.90. The molecular formula is C15H13N3O3. The lowest BCUT2D eigenvalue weighted by molar-refractivity contribution is 0.102. The molecule has 0 bridgehead atoms. The van der Waals surface area contributed by atoms with E-state index in [0.717, 1.165) is 0 Å². The third-order valence-corrected chi connectivity index (χ3v) is 2.60. The van der Waals surface area contributed by atoms with E-state index in [1.807, 2.05) is 0 Å². The lowest BCUT2D eigenvalue weighted by Crippen LogP contribution is -2.13. The van der Waals surface area contributed by atoms with Crippen molar-refractivity contribution in [1.29, 1.82) is 0 Å². The van der Waals surface area contributed by atoms with Gasteiger partial charge in [-0.05, 0) is 24.3 Å². The van der Waals surface area contributed by atoms with Crippen LogP contribution in [0.2, 0.25) is 0 Å². The van der Waals surface area contributed by atoms with Gasteiger partial charge in [-0.25, -0.2) is 4.98 Å². The summed E-state index contributed by atoms with van der Waals surface area (Å²) in [4.78, 5) is 16.0. The second-order valence-electron chi connectivity index (χ2n) is 4.06. The Morgan fingerprint density at radius 2 is 2.14 bits per heavy atom. The minimum atomic E-state index is -0.583. The first kappa shape index (κ1) is 14.4. The Balaban J connectivity index is 2.22. The number of carbonyl (C=O) groups excluding carboxylic acids is 1. The highest BCUT2D eigenvalue weighted by Crippen LogP contribution is 2.28. The van der Waals surface area contributed by atoms with Crippen molar-refractivity contribution in [3.05, 3.63) is 47.7 Å². The largest absolute Gasteiger partial charge is 0.504 e. The van der Waals surface area contributed by atoms with Crippen molar-refractivity contribution in [2.45, 2.75) is 0 Å². The number of hydrogen-bond donors (Lipinski definition) is 4. The number of carbonyl (C=O) groups is 1. The Morgan fingerprint density at radius 1 is 1.33 bits per heavy atom. The van der Waals surface area contributed by atoms with Gasteiger partial charge in [0, 0.05) is 11.8 Å². The highest BCUT2D eigenvalue weighted by atomic mass is 16.3. The molecule has 21 heavy (non-hydrogen) atoms. The second kappa shape index (κ2) is 6.41. The second-order valence-corrected chi connectivity index (χ2v) is 4.06. The zero-order valence-electron chi connectivity index (χ0n) is 11.0. The first-order chi connectivity index (χ1) is 10.1. The van der Waals surface area contributed by atoms with Gasteiger partial charge >= 0.3 is 0 Å². The van der Waals surface area contributed by atoms with Crippen LogP contribution in [0.4, 0.5) is 5.82 Å². The Bertz CT molecular complexity index is 732. The van der Waals surface area contributed by atoms with Crippen molar-refractivity contribution < 1.29 is 15.0 Å². The number of aromatic hydroxyl groups is 2. The average Bonchev–Trinajstić information content (AvgIpc) is 2.48. The van der Waals surface area contributed by atoms with Crippen molar-refractivity contribution >= 4 is 11.7 Å². The molecule has 5 N–H and O–H groups in total. The van der Waals surface area contributed by atoms with E-state index in [4.69, 9.17) is 5.73 Å². The fourth-order valence-electron chi connectivity index (χ4n) is 1.63. The van der Waals surface area contributed by atoms with Crippen LogP contribution < -0.4 is 11.1 Å². The zero-order valence-corrected chi connectivity index (χ0v) is 11.0. The standard InChI is InChI=1S/C15H13N3O3/c16-7-2-3-10-6-8-17-13(9-10)18-15(21)11-4-1-5-12(19)14(11)20/h1,4-6,8-9,19-20H,7,16H2,(H,17,18,21). The van der Waals surface area contributed by atoms with Crippen LogP contribution in [0.15, 0.2) is 36.5 Å². The summed E-state index contributed by atoms with van der Waals surface area (Å²) < 4.78 is 0. The third-order valence-electron chi connectivity index (χ3n) is 2.60. The molecule has 0 atom stereocenters. The molecule has 1 aromatic carbocycles. The van der Waals surface area contributed by atoms with E-state index in [0.29, 0.717) is 5.56 Å². The van der Waals surface area contributed by atoms with Crippen molar-refractivity contribution in [2.24, 2.45) is 5.73 Å². The Hall–Kier alpha value is -3.04. The first-order valence-corrected chi connectivity index (χ1v) is 6.09. The minimum absolute atomic E-state index is 0.0461. The van der Waals surface area contributed by atoms with Crippen LogP contribution in [0.5, 0.6) is 11.5 Å². The number of nitrogens with two attached hydrogens (primary N) is 1. The van der Waals surface area contributed by atoms with Crippen molar-refractivity contribution in [2.75, 3.05) is 11.9 Å². The molecule has 1 amide bonds. The van der Waals surface area contributed by atoms with E-state index in [-0.39, 0.29) is 23.7 Å². The van der Waals surface area contributed by atoms with Crippen LogP contribution in [-0.4, -0.2) is 27.6 Å². The van der Waals surface area contributed by atoms with Gasteiger partial charge in [0.2, 0.25) is 0 Å². The van der Waals surface area contributed by atoms with Gasteiger partial charge in [0.25, 0.3) is 5.91 Å². The molecule has 0 aliphatic heterocycles. The number of pyridine rings is 1. The summed E-state index contributed by atoms with van der Waals surface area (Å²) in [6, 6.07) is 7.40. The molecule has 2 rings (SSSR count). The quantitative estimate of drug-likeness (QED) is 0.487. The summed E-state index contributed by atoms with van der Waals surface area (Å²) in [5, 5.41) is 21.6. The van der Waals surface area contributed by atoms with Crippen molar-refractivity contribution in [1.82, 2.24) is 4.98 Å². The molecule has 6 nitrogen and oxygen atoms in total. The van der Waals surface area contributed by atoms with Crippen LogP contribution >= 0.6 is 0 Å². The topological polar surface area (TPSA) is 108 Å². The highest BCUT2D eigenvalue weighted by molar-refractivity contribution is 6.06. The van der Waals surface area contributed by atoms with Gasteiger partial charge in [0.05, 0.1) is 12.1 Å². The number of para-hydroxylation sites is 1. The highest BCUT2D eigenvalue weighted by Gasteiger charge is 2.14. The molecule has 0 unspecified atom stereocenters. The molecular weight excluding hydrogens is 270 g/mol. The molecule has 106 valence electrons. The van der Waals surface area contributed by atoms with Crippen molar-refractivity contribution in [3.63, 3.8) is 0 Å².